The van der Waals surface area contributed by atoms with E-state index in [0.717, 1.165) is 27.3 Å². The molecule has 0 aliphatic carbocycles. The Morgan fingerprint density at radius 1 is 1.29 bits per heavy atom. The fourth-order valence-corrected chi connectivity index (χ4v) is 4.06. The predicted octanol–water partition coefficient (Wildman–Crippen LogP) is 3.66. The minimum Gasteiger partial charge on any atom is -0.420 e. The number of rotatable bonds is 2. The molecule has 0 amide bonds. The van der Waals surface area contributed by atoms with E-state index in [2.05, 4.69) is 16.3 Å². The molecule has 4 rings (SSSR count). The van der Waals surface area contributed by atoms with E-state index in [1.54, 1.807) is 11.3 Å². The number of aryl methyl sites for hydroxylation is 1. The zero-order valence-corrected chi connectivity index (χ0v) is 13.7. The largest absolute Gasteiger partial charge is 0.420 e. The zero-order chi connectivity index (χ0) is 16.7. The molecule has 1 aliphatic heterocycles. The molecule has 6 heteroatoms. The number of H-pyrrole nitrogens is 1. The van der Waals surface area contributed by atoms with Crippen molar-refractivity contribution in [2.75, 3.05) is 0 Å². The number of benzene rings is 1. The van der Waals surface area contributed by atoms with Crippen LogP contribution >= 0.6 is 11.3 Å². The number of ether oxygens (including phenoxy) is 1. The molecule has 0 saturated carbocycles. The SMILES string of the molecule is Cc1ccsc1[C@H]1C(C#N)=C(N)Oc2n[nH]c(-c3ccccc3)c21. The van der Waals surface area contributed by atoms with Crippen LogP contribution in [0.25, 0.3) is 11.3 Å². The molecule has 1 atom stereocenters. The Morgan fingerprint density at radius 3 is 2.75 bits per heavy atom. The monoisotopic (exact) mass is 334 g/mol. The average molecular weight is 334 g/mol. The quantitative estimate of drug-likeness (QED) is 0.748. The molecule has 0 radical (unpaired) electrons. The number of hydrogen-bond donors (Lipinski definition) is 2. The third-order valence-corrected chi connectivity index (χ3v) is 5.25. The minimum absolute atomic E-state index is 0.119. The molecule has 2 aromatic heterocycles. The molecule has 1 aliphatic rings. The number of nitrogens with zero attached hydrogens (tertiary/aromatic N) is 2. The van der Waals surface area contributed by atoms with E-state index < -0.39 is 0 Å². The van der Waals surface area contributed by atoms with Crippen LogP contribution in [0.2, 0.25) is 0 Å². The normalized spacial score (nSPS) is 16.4. The molecule has 3 heterocycles. The second-order valence-corrected chi connectivity index (χ2v) is 6.52. The Hall–Kier alpha value is -3.04. The van der Waals surface area contributed by atoms with Crippen molar-refractivity contribution >= 4 is 11.3 Å². The van der Waals surface area contributed by atoms with Gasteiger partial charge in [0.15, 0.2) is 0 Å². The average Bonchev–Trinajstić information content (AvgIpc) is 3.20. The summed E-state index contributed by atoms with van der Waals surface area (Å²) in [5.41, 5.74) is 10.2. The van der Waals surface area contributed by atoms with Gasteiger partial charge in [0.1, 0.15) is 11.6 Å². The molecule has 3 aromatic rings. The lowest BCUT2D eigenvalue weighted by molar-refractivity contribution is 0.379. The van der Waals surface area contributed by atoms with Crippen molar-refractivity contribution in [3.63, 3.8) is 0 Å². The standard InChI is InChI=1S/C18H14N4OS/c1-10-7-8-24-16(10)13-12(9-19)17(20)23-18-14(13)15(21-22-18)11-5-3-2-4-6-11/h2-8,13H,20H2,1H3,(H,21,22)/t13-/m0/s1. The van der Waals surface area contributed by atoms with Gasteiger partial charge in [0.05, 0.1) is 17.2 Å². The lowest BCUT2D eigenvalue weighted by Crippen LogP contribution is -2.20. The van der Waals surface area contributed by atoms with Crippen molar-refractivity contribution in [1.82, 2.24) is 10.2 Å². The van der Waals surface area contributed by atoms with Crippen LogP contribution in [0.1, 0.15) is 21.9 Å². The van der Waals surface area contributed by atoms with E-state index in [1.807, 2.05) is 48.7 Å². The van der Waals surface area contributed by atoms with Gasteiger partial charge in [0.25, 0.3) is 0 Å². The summed E-state index contributed by atoms with van der Waals surface area (Å²) in [6.45, 7) is 2.04. The van der Waals surface area contributed by atoms with Crippen LogP contribution in [0.4, 0.5) is 0 Å². The van der Waals surface area contributed by atoms with Gasteiger partial charge in [-0.05, 0) is 29.5 Å². The van der Waals surface area contributed by atoms with Crippen molar-refractivity contribution in [2.24, 2.45) is 5.73 Å². The summed E-state index contributed by atoms with van der Waals surface area (Å²) < 4.78 is 5.60. The van der Waals surface area contributed by atoms with E-state index in [4.69, 9.17) is 10.5 Å². The van der Waals surface area contributed by atoms with Gasteiger partial charge in [0.2, 0.25) is 11.8 Å². The Labute approximate surface area is 143 Å². The summed E-state index contributed by atoms with van der Waals surface area (Å²) >= 11 is 1.61. The number of hydrogen-bond acceptors (Lipinski definition) is 5. The molecule has 0 fully saturated rings. The Balaban J connectivity index is 1.98. The molecular formula is C18H14N4OS. The molecule has 0 saturated heterocycles. The molecule has 0 unspecified atom stereocenters. The van der Waals surface area contributed by atoms with Crippen molar-refractivity contribution in [3.05, 3.63) is 69.2 Å². The van der Waals surface area contributed by atoms with Crippen molar-refractivity contribution in [1.29, 1.82) is 5.26 Å². The first kappa shape index (κ1) is 14.5. The fourth-order valence-electron chi connectivity index (χ4n) is 3.01. The highest BCUT2D eigenvalue weighted by Crippen LogP contribution is 2.47. The highest BCUT2D eigenvalue weighted by atomic mass is 32.1. The maximum Gasteiger partial charge on any atom is 0.244 e. The zero-order valence-electron chi connectivity index (χ0n) is 12.9. The third-order valence-electron chi connectivity index (χ3n) is 4.17. The predicted molar refractivity (Wildman–Crippen MR) is 92.4 cm³/mol. The van der Waals surface area contributed by atoms with Gasteiger partial charge in [-0.25, -0.2) is 0 Å². The van der Waals surface area contributed by atoms with E-state index in [9.17, 15) is 5.26 Å². The number of nitrogens with two attached hydrogens (primary N) is 1. The number of aromatic amines is 1. The molecule has 5 nitrogen and oxygen atoms in total. The Bertz CT molecular complexity index is 978. The summed E-state index contributed by atoms with van der Waals surface area (Å²) in [5.74, 6) is 0.282. The van der Waals surface area contributed by atoms with Crippen LogP contribution in [0.3, 0.4) is 0 Å². The van der Waals surface area contributed by atoms with Crippen LogP contribution in [0.5, 0.6) is 5.88 Å². The molecule has 0 bridgehead atoms. The number of nitriles is 1. The summed E-state index contributed by atoms with van der Waals surface area (Å²) in [6.07, 6.45) is 0. The summed E-state index contributed by atoms with van der Waals surface area (Å²) in [5, 5.41) is 19.0. The van der Waals surface area contributed by atoms with Crippen LogP contribution in [-0.4, -0.2) is 10.2 Å². The number of aromatic nitrogens is 2. The van der Waals surface area contributed by atoms with Crippen molar-refractivity contribution < 1.29 is 4.74 Å². The maximum atomic E-state index is 9.65. The first-order valence-corrected chi connectivity index (χ1v) is 8.34. The van der Waals surface area contributed by atoms with Crippen LogP contribution in [0, 0.1) is 18.3 Å². The summed E-state index contributed by atoms with van der Waals surface area (Å²) in [4.78, 5) is 1.08. The molecule has 3 N–H and O–H groups in total. The van der Waals surface area contributed by atoms with Gasteiger partial charge in [-0.3, -0.25) is 5.10 Å². The van der Waals surface area contributed by atoms with Gasteiger partial charge in [-0.2, -0.15) is 5.26 Å². The Morgan fingerprint density at radius 2 is 2.08 bits per heavy atom. The molecular weight excluding hydrogens is 320 g/mol. The van der Waals surface area contributed by atoms with Gasteiger partial charge < -0.3 is 10.5 Å². The van der Waals surface area contributed by atoms with Crippen LogP contribution < -0.4 is 10.5 Å². The molecule has 24 heavy (non-hydrogen) atoms. The van der Waals surface area contributed by atoms with Crippen LogP contribution in [-0.2, 0) is 0 Å². The van der Waals surface area contributed by atoms with Gasteiger partial charge in [-0.15, -0.1) is 16.4 Å². The number of fused-ring (bicyclic) bond motifs is 1. The second kappa shape index (κ2) is 5.55. The number of allylic oxidation sites excluding steroid dienone is 1. The highest BCUT2D eigenvalue weighted by molar-refractivity contribution is 7.10. The van der Waals surface area contributed by atoms with Gasteiger partial charge in [0, 0.05) is 4.88 Å². The van der Waals surface area contributed by atoms with E-state index >= 15 is 0 Å². The highest BCUT2D eigenvalue weighted by Gasteiger charge is 2.36. The fraction of sp³-hybridized carbons (Fsp3) is 0.111. The minimum atomic E-state index is -0.271. The molecule has 118 valence electrons. The van der Waals surface area contributed by atoms with Gasteiger partial charge >= 0.3 is 0 Å². The van der Waals surface area contributed by atoms with E-state index in [1.165, 1.54) is 0 Å². The topological polar surface area (TPSA) is 87.7 Å². The lowest BCUT2D eigenvalue weighted by Gasteiger charge is -2.23. The summed E-state index contributed by atoms with van der Waals surface area (Å²) in [6, 6.07) is 14.2. The van der Waals surface area contributed by atoms with Crippen LogP contribution in [0.15, 0.2) is 53.2 Å². The van der Waals surface area contributed by atoms with Crippen molar-refractivity contribution in [2.45, 2.75) is 12.8 Å². The van der Waals surface area contributed by atoms with Crippen molar-refractivity contribution in [3.8, 4) is 23.2 Å². The first-order valence-electron chi connectivity index (χ1n) is 7.46. The molecule has 1 aromatic carbocycles. The molecule has 0 spiro atoms. The van der Waals surface area contributed by atoms with E-state index in [0.29, 0.717) is 11.5 Å². The summed E-state index contributed by atoms with van der Waals surface area (Å²) in [7, 11) is 0. The lowest BCUT2D eigenvalue weighted by atomic mass is 9.86. The first-order chi connectivity index (χ1) is 11.7. The Kier molecular flexibility index (Phi) is 3.36. The number of nitrogens with one attached hydrogen (secondary N) is 1. The maximum absolute atomic E-state index is 9.65. The number of thiophene rings is 1. The van der Waals surface area contributed by atoms with Gasteiger partial charge in [-0.1, -0.05) is 30.3 Å². The third kappa shape index (κ3) is 2.10. The van der Waals surface area contributed by atoms with E-state index in [-0.39, 0.29) is 11.8 Å². The smallest absolute Gasteiger partial charge is 0.244 e. The second-order valence-electron chi connectivity index (χ2n) is 5.58.